The third-order valence-electron chi connectivity index (χ3n) is 4.22. The Morgan fingerprint density at radius 2 is 1.81 bits per heavy atom. The van der Waals surface area contributed by atoms with Crippen molar-refractivity contribution in [2.75, 3.05) is 20.6 Å². The normalized spacial score (nSPS) is 12.8. The van der Waals surface area contributed by atoms with Gasteiger partial charge in [-0.2, -0.15) is 0 Å². The molecule has 0 aliphatic carbocycles. The summed E-state index contributed by atoms with van der Waals surface area (Å²) in [5, 5.41) is 2.97. The molecule has 7 heteroatoms. The van der Waals surface area contributed by atoms with Gasteiger partial charge < -0.3 is 5.32 Å². The molecule has 0 saturated carbocycles. The van der Waals surface area contributed by atoms with Crippen molar-refractivity contribution in [3.63, 3.8) is 0 Å². The van der Waals surface area contributed by atoms with Crippen LogP contribution in [0.5, 0.6) is 0 Å². The van der Waals surface area contributed by atoms with Crippen molar-refractivity contribution >= 4 is 27.5 Å². The molecular weight excluding hydrogens is 372 g/mol. The van der Waals surface area contributed by atoms with Crippen LogP contribution in [-0.2, 0) is 10.0 Å². The summed E-state index contributed by atoms with van der Waals surface area (Å²) in [4.78, 5) is 12.4. The molecule has 0 bridgehead atoms. The highest BCUT2D eigenvalue weighted by Crippen LogP contribution is 2.25. The fourth-order valence-electron chi connectivity index (χ4n) is 2.58. The molecule has 1 atom stereocenters. The number of sulfonamides is 1. The zero-order valence-corrected chi connectivity index (χ0v) is 16.6. The number of hydrogen-bond donors (Lipinski definition) is 1. The molecule has 0 aliphatic heterocycles. The van der Waals surface area contributed by atoms with Crippen molar-refractivity contribution in [1.82, 2.24) is 9.62 Å². The van der Waals surface area contributed by atoms with Crippen LogP contribution in [0.3, 0.4) is 0 Å². The molecule has 1 N–H and O–H groups in total. The van der Waals surface area contributed by atoms with E-state index in [4.69, 9.17) is 11.6 Å². The van der Waals surface area contributed by atoms with Gasteiger partial charge in [0.2, 0.25) is 10.0 Å². The standard InChI is InChI=1S/C19H23ClN2O3S/c1-4-14(15-8-6-5-7-9-15)13-21-19(23)16-10-11-17(20)18(12-16)26(24,25)22(2)3/h5-12,14H,4,13H2,1-3H3,(H,21,23). The number of rotatable bonds is 7. The van der Waals surface area contributed by atoms with E-state index in [1.807, 2.05) is 30.3 Å². The summed E-state index contributed by atoms with van der Waals surface area (Å²) in [5.41, 5.74) is 1.42. The van der Waals surface area contributed by atoms with E-state index in [9.17, 15) is 13.2 Å². The minimum atomic E-state index is -3.72. The van der Waals surface area contributed by atoms with E-state index in [0.29, 0.717) is 6.54 Å². The van der Waals surface area contributed by atoms with Gasteiger partial charge in [-0.05, 0) is 30.2 Å². The molecule has 0 radical (unpaired) electrons. The number of carbonyl (C=O) groups excluding carboxylic acids is 1. The first-order valence-corrected chi connectivity index (χ1v) is 10.1. The molecule has 0 saturated heterocycles. The highest BCUT2D eigenvalue weighted by molar-refractivity contribution is 7.89. The lowest BCUT2D eigenvalue weighted by atomic mass is 9.96. The van der Waals surface area contributed by atoms with Gasteiger partial charge in [-0.15, -0.1) is 0 Å². The van der Waals surface area contributed by atoms with Crippen LogP contribution in [0.15, 0.2) is 53.4 Å². The SMILES string of the molecule is CCC(CNC(=O)c1ccc(Cl)c(S(=O)(=O)N(C)C)c1)c1ccccc1. The van der Waals surface area contributed by atoms with Gasteiger partial charge >= 0.3 is 0 Å². The topological polar surface area (TPSA) is 66.5 Å². The van der Waals surface area contributed by atoms with E-state index in [1.54, 1.807) is 0 Å². The van der Waals surface area contributed by atoms with Crippen LogP contribution in [0.2, 0.25) is 5.02 Å². The average molecular weight is 395 g/mol. The third-order valence-corrected chi connectivity index (χ3v) is 6.52. The van der Waals surface area contributed by atoms with Gasteiger partial charge in [0, 0.05) is 32.1 Å². The number of amides is 1. The molecule has 0 heterocycles. The molecule has 1 unspecified atom stereocenters. The zero-order valence-electron chi connectivity index (χ0n) is 15.1. The summed E-state index contributed by atoms with van der Waals surface area (Å²) >= 11 is 6.02. The summed E-state index contributed by atoms with van der Waals surface area (Å²) in [7, 11) is -0.880. The van der Waals surface area contributed by atoms with E-state index < -0.39 is 10.0 Å². The van der Waals surface area contributed by atoms with Gasteiger partial charge in [0.25, 0.3) is 5.91 Å². The smallest absolute Gasteiger partial charge is 0.251 e. The van der Waals surface area contributed by atoms with E-state index in [0.717, 1.165) is 16.3 Å². The molecule has 0 aliphatic rings. The number of carbonyl (C=O) groups is 1. The second kappa shape index (κ2) is 8.66. The van der Waals surface area contributed by atoms with Crippen molar-refractivity contribution in [2.24, 2.45) is 0 Å². The predicted molar refractivity (Wildman–Crippen MR) is 104 cm³/mol. The Bertz CT molecular complexity index is 868. The molecule has 0 spiro atoms. The summed E-state index contributed by atoms with van der Waals surface area (Å²) in [6.45, 7) is 2.53. The van der Waals surface area contributed by atoms with E-state index in [1.165, 1.54) is 32.3 Å². The van der Waals surface area contributed by atoms with E-state index in [-0.39, 0.29) is 27.3 Å². The molecular formula is C19H23ClN2O3S. The Kier molecular flexibility index (Phi) is 6.81. The summed E-state index contributed by atoms with van der Waals surface area (Å²) in [6, 6.07) is 14.2. The van der Waals surface area contributed by atoms with Gasteiger partial charge in [-0.3, -0.25) is 4.79 Å². The number of nitrogens with one attached hydrogen (secondary N) is 1. The monoisotopic (exact) mass is 394 g/mol. The van der Waals surface area contributed by atoms with Crippen LogP contribution in [0, 0.1) is 0 Å². The van der Waals surface area contributed by atoms with Crippen LogP contribution < -0.4 is 5.32 Å². The highest BCUT2D eigenvalue weighted by atomic mass is 35.5. The lowest BCUT2D eigenvalue weighted by Crippen LogP contribution is -2.29. The molecule has 5 nitrogen and oxygen atoms in total. The van der Waals surface area contributed by atoms with Crippen LogP contribution in [-0.4, -0.2) is 39.3 Å². The van der Waals surface area contributed by atoms with E-state index in [2.05, 4.69) is 12.2 Å². The van der Waals surface area contributed by atoms with Gasteiger partial charge in [0.1, 0.15) is 4.90 Å². The Labute approximate surface area is 160 Å². The predicted octanol–water partition coefficient (Wildman–Crippen LogP) is 3.51. The van der Waals surface area contributed by atoms with Gasteiger partial charge in [0.05, 0.1) is 5.02 Å². The molecule has 1 amide bonds. The first kappa shape index (κ1) is 20.4. The van der Waals surface area contributed by atoms with Crippen molar-refractivity contribution < 1.29 is 13.2 Å². The van der Waals surface area contributed by atoms with Crippen LogP contribution in [0.1, 0.15) is 35.2 Å². The summed E-state index contributed by atoms with van der Waals surface area (Å²) < 4.78 is 25.7. The molecule has 2 rings (SSSR count). The fraction of sp³-hybridized carbons (Fsp3) is 0.316. The summed E-state index contributed by atoms with van der Waals surface area (Å²) in [6.07, 6.45) is 0.880. The number of benzene rings is 2. The summed E-state index contributed by atoms with van der Waals surface area (Å²) in [5.74, 6) is -0.135. The van der Waals surface area contributed by atoms with Crippen LogP contribution in [0.25, 0.3) is 0 Å². The van der Waals surface area contributed by atoms with Crippen molar-refractivity contribution in [1.29, 1.82) is 0 Å². The molecule has 140 valence electrons. The van der Waals surface area contributed by atoms with Crippen molar-refractivity contribution in [3.8, 4) is 0 Å². The van der Waals surface area contributed by atoms with E-state index >= 15 is 0 Å². The Hall–Kier alpha value is -1.89. The molecule has 2 aromatic rings. The molecule has 26 heavy (non-hydrogen) atoms. The Balaban J connectivity index is 2.18. The van der Waals surface area contributed by atoms with Gasteiger partial charge in [0.15, 0.2) is 0 Å². The van der Waals surface area contributed by atoms with Gasteiger partial charge in [-0.1, -0.05) is 48.9 Å². The zero-order chi connectivity index (χ0) is 19.3. The molecule has 0 aromatic heterocycles. The second-order valence-corrected chi connectivity index (χ2v) is 8.69. The number of halogens is 1. The molecule has 0 fully saturated rings. The van der Waals surface area contributed by atoms with Crippen molar-refractivity contribution in [2.45, 2.75) is 24.2 Å². The minimum Gasteiger partial charge on any atom is -0.351 e. The van der Waals surface area contributed by atoms with Crippen molar-refractivity contribution in [3.05, 3.63) is 64.7 Å². The maximum atomic E-state index is 12.5. The Morgan fingerprint density at radius 1 is 1.15 bits per heavy atom. The lowest BCUT2D eigenvalue weighted by Gasteiger charge is -2.17. The first-order chi connectivity index (χ1) is 12.3. The lowest BCUT2D eigenvalue weighted by molar-refractivity contribution is 0.0950. The van der Waals surface area contributed by atoms with Crippen LogP contribution >= 0.6 is 11.6 Å². The largest absolute Gasteiger partial charge is 0.351 e. The minimum absolute atomic E-state index is 0.0769. The quantitative estimate of drug-likeness (QED) is 0.781. The number of hydrogen-bond acceptors (Lipinski definition) is 3. The fourth-order valence-corrected chi connectivity index (χ4v) is 3.97. The number of nitrogens with zero attached hydrogens (tertiary/aromatic N) is 1. The van der Waals surface area contributed by atoms with Crippen LogP contribution in [0.4, 0.5) is 0 Å². The maximum absolute atomic E-state index is 12.5. The first-order valence-electron chi connectivity index (χ1n) is 8.32. The highest BCUT2D eigenvalue weighted by Gasteiger charge is 2.22. The third kappa shape index (κ3) is 4.63. The Morgan fingerprint density at radius 3 is 2.38 bits per heavy atom. The molecule has 2 aromatic carbocycles. The van der Waals surface area contributed by atoms with Gasteiger partial charge in [-0.25, -0.2) is 12.7 Å². The maximum Gasteiger partial charge on any atom is 0.251 e. The average Bonchev–Trinajstić information content (AvgIpc) is 2.63. The second-order valence-electron chi connectivity index (χ2n) is 6.16.